The summed E-state index contributed by atoms with van der Waals surface area (Å²) in [5.41, 5.74) is 4.23. The molecule has 0 fully saturated rings. The van der Waals surface area contributed by atoms with E-state index in [-0.39, 0.29) is 13.0 Å². The van der Waals surface area contributed by atoms with E-state index in [0.717, 1.165) is 0 Å². The number of rotatable bonds is 5. The molecular formula is C10H15N3O4. The van der Waals surface area contributed by atoms with E-state index in [0.29, 0.717) is 5.82 Å². The van der Waals surface area contributed by atoms with Crippen LogP contribution in [0.15, 0.2) is 21.5 Å². The molecule has 1 heterocycles. The van der Waals surface area contributed by atoms with Crippen molar-refractivity contribution >= 4 is 5.97 Å². The highest BCUT2D eigenvalue weighted by atomic mass is 16.5. The number of nitrogens with zero attached hydrogens (tertiary/aromatic N) is 2. The van der Waals surface area contributed by atoms with Crippen LogP contribution in [-0.4, -0.2) is 26.3 Å². The molecule has 1 rings (SSSR count). The van der Waals surface area contributed by atoms with E-state index in [1.165, 1.54) is 11.5 Å². The van der Waals surface area contributed by atoms with Crippen molar-refractivity contribution in [3.63, 3.8) is 0 Å². The molecule has 0 radical (unpaired) electrons. The molecule has 0 unspecified atom stereocenters. The molecule has 17 heavy (non-hydrogen) atoms. The average Bonchev–Trinajstić information content (AvgIpc) is 2.54. The first-order chi connectivity index (χ1) is 7.84. The minimum Gasteiger partial charge on any atom is -0.480 e. The second-order valence-electron chi connectivity index (χ2n) is 4.00. The molecule has 0 saturated carbocycles. The minimum atomic E-state index is -1.30. The summed E-state index contributed by atoms with van der Waals surface area (Å²) in [4.78, 5) is 21.8. The molecule has 0 bridgehead atoms. The largest absolute Gasteiger partial charge is 0.480 e. The van der Waals surface area contributed by atoms with Crippen molar-refractivity contribution < 1.29 is 14.4 Å². The van der Waals surface area contributed by atoms with Crippen molar-refractivity contribution in [2.45, 2.75) is 32.4 Å². The third-order valence-electron chi connectivity index (χ3n) is 2.35. The van der Waals surface area contributed by atoms with Gasteiger partial charge in [0.15, 0.2) is 5.82 Å². The number of aryl methyl sites for hydroxylation is 1. The van der Waals surface area contributed by atoms with Crippen molar-refractivity contribution in [1.82, 2.24) is 9.72 Å². The van der Waals surface area contributed by atoms with E-state index in [2.05, 4.69) is 9.68 Å². The Labute approximate surface area is 97.5 Å². The van der Waals surface area contributed by atoms with Gasteiger partial charge in [-0.25, -0.2) is 4.79 Å². The molecule has 0 aliphatic heterocycles. The van der Waals surface area contributed by atoms with Gasteiger partial charge in [0, 0.05) is 6.54 Å². The monoisotopic (exact) mass is 241 g/mol. The van der Waals surface area contributed by atoms with E-state index in [1.807, 2.05) is 0 Å². The van der Waals surface area contributed by atoms with Gasteiger partial charge in [0.05, 0.1) is 0 Å². The first-order valence-corrected chi connectivity index (χ1v) is 5.05. The van der Waals surface area contributed by atoms with Crippen LogP contribution < -0.4 is 11.5 Å². The van der Waals surface area contributed by atoms with Gasteiger partial charge in [-0.1, -0.05) is 17.3 Å². The molecule has 7 heteroatoms. The summed E-state index contributed by atoms with van der Waals surface area (Å²) in [5.74, 6) is -1.14. The molecule has 0 spiro atoms. The Morgan fingerprint density at radius 1 is 1.65 bits per heavy atom. The lowest BCUT2D eigenvalue weighted by molar-refractivity contribution is -0.142. The van der Waals surface area contributed by atoms with Crippen LogP contribution >= 0.6 is 0 Å². The molecule has 1 aromatic rings. The van der Waals surface area contributed by atoms with E-state index in [4.69, 9.17) is 10.8 Å². The molecule has 3 N–H and O–H groups in total. The lowest BCUT2D eigenvalue weighted by Crippen LogP contribution is -2.44. The fraction of sp³-hybridized carbons (Fsp3) is 0.500. The number of hydrogen-bond acceptors (Lipinski definition) is 5. The lowest BCUT2D eigenvalue weighted by atomic mass is 10.00. The number of aliphatic carboxylic acids is 1. The smallest absolute Gasteiger partial charge is 0.441 e. The zero-order valence-corrected chi connectivity index (χ0v) is 9.71. The molecule has 0 amide bonds. The molecule has 0 aliphatic rings. The average molecular weight is 241 g/mol. The minimum absolute atomic E-state index is 0.182. The topological polar surface area (TPSA) is 111 Å². The van der Waals surface area contributed by atoms with Crippen molar-refractivity contribution in [1.29, 1.82) is 0 Å². The van der Waals surface area contributed by atoms with Crippen LogP contribution in [0, 0.1) is 6.92 Å². The van der Waals surface area contributed by atoms with E-state index in [9.17, 15) is 9.59 Å². The van der Waals surface area contributed by atoms with Crippen molar-refractivity contribution in [3.05, 3.63) is 28.5 Å². The molecule has 1 aromatic heterocycles. The highest BCUT2D eigenvalue weighted by molar-refractivity contribution is 5.78. The number of aromatic nitrogens is 2. The van der Waals surface area contributed by atoms with Gasteiger partial charge in [-0.15, -0.1) is 0 Å². The maximum Gasteiger partial charge on any atom is 0.441 e. The van der Waals surface area contributed by atoms with E-state index >= 15 is 0 Å². The van der Waals surface area contributed by atoms with Crippen molar-refractivity contribution in [2.24, 2.45) is 5.73 Å². The summed E-state index contributed by atoms with van der Waals surface area (Å²) < 4.78 is 5.76. The van der Waals surface area contributed by atoms with Crippen LogP contribution in [0.5, 0.6) is 0 Å². The predicted octanol–water partition coefficient (Wildman–Crippen LogP) is -0.107. The summed E-state index contributed by atoms with van der Waals surface area (Å²) in [5, 5.41) is 12.3. The highest BCUT2D eigenvalue weighted by Crippen LogP contribution is 2.06. The van der Waals surface area contributed by atoms with E-state index in [1.54, 1.807) is 19.1 Å². The molecule has 7 nitrogen and oxygen atoms in total. The van der Waals surface area contributed by atoms with E-state index < -0.39 is 17.3 Å². The van der Waals surface area contributed by atoms with Crippen molar-refractivity contribution in [2.75, 3.05) is 0 Å². The Bertz CT molecular complexity index is 484. The van der Waals surface area contributed by atoms with Gasteiger partial charge in [0.25, 0.3) is 0 Å². The zero-order chi connectivity index (χ0) is 13.1. The molecule has 0 aliphatic carbocycles. The maximum atomic E-state index is 11.1. The molecule has 0 saturated heterocycles. The Morgan fingerprint density at radius 2 is 2.29 bits per heavy atom. The lowest BCUT2D eigenvalue weighted by Gasteiger charge is -2.16. The fourth-order valence-corrected chi connectivity index (χ4v) is 1.14. The molecular weight excluding hydrogens is 226 g/mol. The first kappa shape index (κ1) is 13.2. The summed E-state index contributed by atoms with van der Waals surface area (Å²) in [7, 11) is 0. The van der Waals surface area contributed by atoms with Crippen LogP contribution in [0.25, 0.3) is 0 Å². The Hall–Kier alpha value is -1.89. The second-order valence-corrected chi connectivity index (χ2v) is 4.00. The Morgan fingerprint density at radius 3 is 2.76 bits per heavy atom. The highest BCUT2D eigenvalue weighted by Gasteiger charge is 2.25. The normalized spacial score (nSPS) is 15.0. The van der Waals surface area contributed by atoms with Gasteiger partial charge in [0.1, 0.15) is 5.54 Å². The standard InChI is InChI=1S/C10H15N3O4/c1-7-12-17-9(16)13(7)6-4-3-5-10(2,11)8(14)15/h3-4H,5-6,11H2,1-2H3,(H,14,15)/b4-3+/t10-/m0/s1. The number of carbonyl (C=O) groups is 1. The SMILES string of the molecule is Cc1noc(=O)n1C/C=C/C[C@](C)(N)C(=O)O. The van der Waals surface area contributed by atoms with Crippen LogP contribution in [-0.2, 0) is 11.3 Å². The number of allylic oxidation sites excluding steroid dienone is 1. The summed E-state index contributed by atoms with van der Waals surface area (Å²) >= 11 is 0. The zero-order valence-electron chi connectivity index (χ0n) is 9.71. The number of hydrogen-bond donors (Lipinski definition) is 2. The molecule has 0 aromatic carbocycles. The van der Waals surface area contributed by atoms with Crippen LogP contribution in [0.3, 0.4) is 0 Å². The van der Waals surface area contributed by atoms with Gasteiger partial charge in [-0.2, -0.15) is 0 Å². The number of carboxylic acid groups (broad SMARTS) is 1. The van der Waals surface area contributed by atoms with Crippen LogP contribution in [0.2, 0.25) is 0 Å². The van der Waals surface area contributed by atoms with Crippen molar-refractivity contribution in [3.8, 4) is 0 Å². The van der Waals surface area contributed by atoms with Crippen LogP contribution in [0.1, 0.15) is 19.2 Å². The Balaban J connectivity index is 2.58. The van der Waals surface area contributed by atoms with Gasteiger partial charge >= 0.3 is 11.7 Å². The number of carboxylic acids is 1. The second kappa shape index (κ2) is 4.96. The van der Waals surface area contributed by atoms with Gasteiger partial charge in [-0.3, -0.25) is 13.9 Å². The fourth-order valence-electron chi connectivity index (χ4n) is 1.14. The number of nitrogens with two attached hydrogens (primary N) is 1. The van der Waals surface area contributed by atoms with Gasteiger partial charge in [-0.05, 0) is 20.3 Å². The molecule has 1 atom stereocenters. The Kier molecular flexibility index (Phi) is 3.84. The predicted molar refractivity (Wildman–Crippen MR) is 59.5 cm³/mol. The quantitative estimate of drug-likeness (QED) is 0.696. The summed E-state index contributed by atoms with van der Waals surface area (Å²) in [6.45, 7) is 3.35. The van der Waals surface area contributed by atoms with Gasteiger partial charge in [0.2, 0.25) is 0 Å². The van der Waals surface area contributed by atoms with Crippen LogP contribution in [0.4, 0.5) is 0 Å². The third-order valence-corrected chi connectivity index (χ3v) is 2.35. The first-order valence-electron chi connectivity index (χ1n) is 5.05. The van der Waals surface area contributed by atoms with Gasteiger partial charge < -0.3 is 10.8 Å². The maximum absolute atomic E-state index is 11.1. The molecule has 94 valence electrons. The summed E-state index contributed by atoms with van der Waals surface area (Å²) in [6, 6.07) is 0. The third kappa shape index (κ3) is 3.28. The summed E-state index contributed by atoms with van der Waals surface area (Å²) in [6.07, 6.45) is 3.45.